The van der Waals surface area contributed by atoms with Crippen LogP contribution in [0.25, 0.3) is 0 Å². The van der Waals surface area contributed by atoms with Crippen molar-refractivity contribution in [2.45, 2.75) is 13.8 Å². The molecule has 4 nitrogen and oxygen atoms in total. The lowest BCUT2D eigenvalue weighted by molar-refractivity contribution is 0.0946. The highest BCUT2D eigenvalue weighted by Gasteiger charge is 2.05. The number of hydrogen-bond donors (Lipinski definition) is 1. The predicted octanol–water partition coefficient (Wildman–Crippen LogP) is 2.92. The Balaban J connectivity index is 1.81. The van der Waals surface area contributed by atoms with Gasteiger partial charge in [-0.1, -0.05) is 24.3 Å². The Morgan fingerprint density at radius 2 is 1.86 bits per heavy atom. The van der Waals surface area contributed by atoms with Gasteiger partial charge in [-0.25, -0.2) is 0 Å². The zero-order chi connectivity index (χ0) is 15.9. The molecule has 0 heterocycles. The molecule has 2 rings (SSSR count). The summed E-state index contributed by atoms with van der Waals surface area (Å²) < 4.78 is 5.68. The van der Waals surface area contributed by atoms with Gasteiger partial charge in [-0.05, 0) is 43.2 Å². The minimum atomic E-state index is -0.179. The molecule has 0 spiro atoms. The summed E-state index contributed by atoms with van der Waals surface area (Å²) in [6.07, 6.45) is 0.750. The first-order chi connectivity index (χ1) is 10.6. The van der Waals surface area contributed by atoms with E-state index in [4.69, 9.17) is 4.74 Å². The average molecular weight is 297 g/mol. The maximum atomic E-state index is 11.9. The van der Waals surface area contributed by atoms with Crippen molar-refractivity contribution < 1.29 is 14.3 Å². The van der Waals surface area contributed by atoms with Gasteiger partial charge in [0.05, 0.1) is 6.54 Å². The number of ether oxygens (including phenoxy) is 1. The number of rotatable bonds is 6. The van der Waals surface area contributed by atoms with Gasteiger partial charge in [0.25, 0.3) is 5.91 Å². The third kappa shape index (κ3) is 3.95. The fourth-order valence-electron chi connectivity index (χ4n) is 2.02. The second-order valence-corrected chi connectivity index (χ2v) is 5.04. The summed E-state index contributed by atoms with van der Waals surface area (Å²) in [5.74, 6) is 0.659. The summed E-state index contributed by atoms with van der Waals surface area (Å²) in [6.45, 7) is 4.87. The molecule has 0 aromatic heterocycles. The van der Waals surface area contributed by atoms with Crippen LogP contribution in [-0.4, -0.2) is 25.3 Å². The van der Waals surface area contributed by atoms with Crippen molar-refractivity contribution in [2.24, 2.45) is 0 Å². The molecule has 2 aromatic carbocycles. The Kier molecular flexibility index (Phi) is 5.31. The smallest absolute Gasteiger partial charge is 0.251 e. The van der Waals surface area contributed by atoms with E-state index in [1.807, 2.05) is 32.0 Å². The summed E-state index contributed by atoms with van der Waals surface area (Å²) in [5, 5.41) is 2.79. The van der Waals surface area contributed by atoms with Crippen molar-refractivity contribution in [3.8, 4) is 5.75 Å². The Labute approximate surface area is 130 Å². The molecule has 0 aliphatic carbocycles. The Bertz CT molecular complexity index is 663. The molecule has 0 aliphatic heterocycles. The average Bonchev–Trinajstić information content (AvgIpc) is 2.55. The van der Waals surface area contributed by atoms with Crippen LogP contribution in [0, 0.1) is 13.8 Å². The van der Waals surface area contributed by atoms with Crippen LogP contribution in [0.5, 0.6) is 5.75 Å². The maximum Gasteiger partial charge on any atom is 0.251 e. The van der Waals surface area contributed by atoms with Crippen LogP contribution < -0.4 is 10.1 Å². The molecule has 22 heavy (non-hydrogen) atoms. The van der Waals surface area contributed by atoms with Crippen molar-refractivity contribution in [3.63, 3.8) is 0 Å². The molecule has 0 fully saturated rings. The SMILES string of the molecule is Cc1cccc(OCCNC(=O)c2ccc(C=O)cc2)c1C. The standard InChI is InChI=1S/C18H19NO3/c1-13-4-3-5-17(14(13)2)22-11-10-19-18(21)16-8-6-15(12-20)7-9-16/h3-9,12H,10-11H2,1-2H3,(H,19,21). The predicted molar refractivity (Wildman–Crippen MR) is 85.6 cm³/mol. The molecule has 1 N–H and O–H groups in total. The van der Waals surface area contributed by atoms with E-state index in [1.54, 1.807) is 24.3 Å². The van der Waals surface area contributed by atoms with E-state index in [1.165, 1.54) is 5.56 Å². The van der Waals surface area contributed by atoms with Gasteiger partial charge < -0.3 is 10.1 Å². The van der Waals surface area contributed by atoms with Crippen molar-refractivity contribution in [2.75, 3.05) is 13.2 Å². The maximum absolute atomic E-state index is 11.9. The van der Waals surface area contributed by atoms with Gasteiger partial charge in [0.1, 0.15) is 18.6 Å². The summed E-state index contributed by atoms with van der Waals surface area (Å²) in [5.41, 5.74) is 3.36. The second kappa shape index (κ2) is 7.41. The number of benzene rings is 2. The van der Waals surface area contributed by atoms with Gasteiger partial charge in [0.2, 0.25) is 0 Å². The Hall–Kier alpha value is -2.62. The molecule has 0 saturated carbocycles. The van der Waals surface area contributed by atoms with Gasteiger partial charge in [-0.3, -0.25) is 9.59 Å². The summed E-state index contributed by atoms with van der Waals surface area (Å²) >= 11 is 0. The zero-order valence-electron chi connectivity index (χ0n) is 12.8. The van der Waals surface area contributed by atoms with Crippen LogP contribution in [0.2, 0.25) is 0 Å². The Morgan fingerprint density at radius 1 is 1.14 bits per heavy atom. The molecular formula is C18H19NO3. The number of aryl methyl sites for hydroxylation is 1. The fourth-order valence-corrected chi connectivity index (χ4v) is 2.02. The minimum absolute atomic E-state index is 0.179. The first kappa shape index (κ1) is 15.8. The highest BCUT2D eigenvalue weighted by molar-refractivity contribution is 5.94. The topological polar surface area (TPSA) is 55.4 Å². The summed E-state index contributed by atoms with van der Waals surface area (Å²) in [7, 11) is 0. The van der Waals surface area contributed by atoms with Crippen LogP contribution in [0.1, 0.15) is 31.8 Å². The van der Waals surface area contributed by atoms with Gasteiger partial charge in [-0.15, -0.1) is 0 Å². The van der Waals surface area contributed by atoms with E-state index in [9.17, 15) is 9.59 Å². The highest BCUT2D eigenvalue weighted by atomic mass is 16.5. The summed E-state index contributed by atoms with van der Waals surface area (Å²) in [4.78, 5) is 22.5. The molecular weight excluding hydrogens is 278 g/mol. The van der Waals surface area contributed by atoms with Crippen molar-refractivity contribution in [3.05, 3.63) is 64.7 Å². The second-order valence-electron chi connectivity index (χ2n) is 5.04. The molecule has 0 bridgehead atoms. The van der Waals surface area contributed by atoms with Crippen LogP contribution >= 0.6 is 0 Å². The monoisotopic (exact) mass is 297 g/mol. The van der Waals surface area contributed by atoms with Crippen molar-refractivity contribution in [1.82, 2.24) is 5.32 Å². The number of amides is 1. The molecule has 0 unspecified atom stereocenters. The molecule has 0 aliphatic rings. The number of aldehydes is 1. The van der Waals surface area contributed by atoms with Gasteiger partial charge >= 0.3 is 0 Å². The third-order valence-corrected chi connectivity index (χ3v) is 3.51. The number of nitrogens with one attached hydrogen (secondary N) is 1. The lowest BCUT2D eigenvalue weighted by Crippen LogP contribution is -2.28. The van der Waals surface area contributed by atoms with E-state index in [2.05, 4.69) is 5.32 Å². The highest BCUT2D eigenvalue weighted by Crippen LogP contribution is 2.20. The minimum Gasteiger partial charge on any atom is -0.491 e. The van der Waals surface area contributed by atoms with E-state index in [-0.39, 0.29) is 5.91 Å². The van der Waals surface area contributed by atoms with Crippen molar-refractivity contribution in [1.29, 1.82) is 0 Å². The van der Waals surface area contributed by atoms with E-state index < -0.39 is 0 Å². The lowest BCUT2D eigenvalue weighted by Gasteiger charge is -2.11. The molecule has 4 heteroatoms. The number of carbonyl (C=O) groups is 2. The van der Waals surface area contributed by atoms with Gasteiger partial charge in [0.15, 0.2) is 0 Å². The number of hydrogen-bond acceptors (Lipinski definition) is 3. The van der Waals surface area contributed by atoms with Crippen LogP contribution in [0.3, 0.4) is 0 Å². The van der Waals surface area contributed by atoms with Crippen LogP contribution in [-0.2, 0) is 0 Å². The fraction of sp³-hybridized carbons (Fsp3) is 0.222. The first-order valence-corrected chi connectivity index (χ1v) is 7.14. The molecule has 0 radical (unpaired) electrons. The molecule has 1 amide bonds. The third-order valence-electron chi connectivity index (χ3n) is 3.51. The first-order valence-electron chi connectivity index (χ1n) is 7.14. The summed E-state index contributed by atoms with van der Waals surface area (Å²) in [6, 6.07) is 12.4. The Morgan fingerprint density at radius 3 is 2.55 bits per heavy atom. The van der Waals surface area contributed by atoms with E-state index in [0.29, 0.717) is 24.3 Å². The normalized spacial score (nSPS) is 10.1. The van der Waals surface area contributed by atoms with Gasteiger partial charge in [0, 0.05) is 11.1 Å². The molecule has 2 aromatic rings. The van der Waals surface area contributed by atoms with Crippen LogP contribution in [0.15, 0.2) is 42.5 Å². The molecule has 114 valence electrons. The van der Waals surface area contributed by atoms with Gasteiger partial charge in [-0.2, -0.15) is 0 Å². The van der Waals surface area contributed by atoms with Crippen LogP contribution in [0.4, 0.5) is 0 Å². The quantitative estimate of drug-likeness (QED) is 0.659. The molecule has 0 atom stereocenters. The zero-order valence-corrected chi connectivity index (χ0v) is 12.8. The lowest BCUT2D eigenvalue weighted by atomic mass is 10.1. The van der Waals surface area contributed by atoms with Crippen molar-refractivity contribution >= 4 is 12.2 Å². The number of carbonyl (C=O) groups excluding carboxylic acids is 2. The molecule has 0 saturated heterocycles. The van der Waals surface area contributed by atoms with E-state index in [0.717, 1.165) is 17.6 Å². The van der Waals surface area contributed by atoms with E-state index >= 15 is 0 Å². The largest absolute Gasteiger partial charge is 0.491 e.